The zero-order valence-electron chi connectivity index (χ0n) is 12.9. The number of aryl methyl sites for hydroxylation is 1. The second-order valence-corrected chi connectivity index (χ2v) is 6.28. The lowest BCUT2D eigenvalue weighted by molar-refractivity contribution is -0.352. The van der Waals surface area contributed by atoms with Gasteiger partial charge in [0.25, 0.3) is 5.84 Å². The Morgan fingerprint density at radius 2 is 1.48 bits per heavy atom. The molecule has 2 nitrogen and oxygen atoms in total. The fourth-order valence-corrected chi connectivity index (χ4v) is 2.50. The molecule has 2 N–H and O–H groups in total. The molecule has 0 aliphatic rings. The van der Waals surface area contributed by atoms with E-state index in [4.69, 9.17) is 0 Å². The third-order valence-electron chi connectivity index (χ3n) is 3.50. The van der Waals surface area contributed by atoms with Crippen molar-refractivity contribution in [2.75, 3.05) is 5.32 Å². The summed E-state index contributed by atoms with van der Waals surface area (Å²) in [6, 6.07) is 26.8. The van der Waals surface area contributed by atoms with Gasteiger partial charge in [0.1, 0.15) is 11.4 Å². The quantitative estimate of drug-likeness (QED) is 0.531. The van der Waals surface area contributed by atoms with E-state index < -0.39 is 0 Å². The highest BCUT2D eigenvalue weighted by molar-refractivity contribution is 9.10. The Morgan fingerprint density at radius 1 is 0.826 bits per heavy atom. The van der Waals surface area contributed by atoms with Crippen molar-refractivity contribution in [3.05, 3.63) is 94.5 Å². The Bertz CT molecular complexity index is 791. The normalized spacial score (nSPS) is 11.3. The van der Waals surface area contributed by atoms with Crippen molar-refractivity contribution in [1.29, 1.82) is 0 Å². The molecule has 3 heteroatoms. The molecule has 0 aromatic heterocycles. The van der Waals surface area contributed by atoms with E-state index >= 15 is 0 Å². The van der Waals surface area contributed by atoms with Crippen molar-refractivity contribution in [3.63, 3.8) is 0 Å². The molecule has 3 aromatic rings. The van der Waals surface area contributed by atoms with Gasteiger partial charge < -0.3 is 0 Å². The molecule has 0 atom stereocenters. The summed E-state index contributed by atoms with van der Waals surface area (Å²) in [6.45, 7) is 2.09. The Balaban J connectivity index is 1.96. The minimum atomic E-state index is 0.955. The minimum absolute atomic E-state index is 0.955. The molecule has 0 aliphatic carbocycles. The van der Waals surface area contributed by atoms with Crippen molar-refractivity contribution < 1.29 is 4.99 Å². The first-order valence-electron chi connectivity index (χ1n) is 7.49. The fraction of sp³-hybridized carbons (Fsp3) is 0.0500. The van der Waals surface area contributed by atoms with Crippen LogP contribution in [0, 0.1) is 6.92 Å². The van der Waals surface area contributed by atoms with Crippen LogP contribution < -0.4 is 10.3 Å². The van der Waals surface area contributed by atoms with Gasteiger partial charge in [-0.25, -0.2) is 10.3 Å². The van der Waals surface area contributed by atoms with Gasteiger partial charge in [-0.3, -0.25) is 0 Å². The molecule has 0 saturated carbocycles. The molecule has 114 valence electrons. The Labute approximate surface area is 145 Å². The van der Waals surface area contributed by atoms with Crippen LogP contribution in [0.2, 0.25) is 0 Å². The van der Waals surface area contributed by atoms with Gasteiger partial charge in [-0.15, -0.1) is 0 Å². The molecule has 0 heterocycles. The number of hydrogen-bond acceptors (Lipinski definition) is 0. The van der Waals surface area contributed by atoms with Crippen molar-refractivity contribution in [1.82, 2.24) is 0 Å². The lowest BCUT2D eigenvalue weighted by Gasteiger charge is -2.04. The monoisotopic (exact) mass is 365 g/mol. The summed E-state index contributed by atoms with van der Waals surface area (Å²) >= 11 is 3.47. The van der Waals surface area contributed by atoms with Crippen LogP contribution in [0.25, 0.3) is 0 Å². The van der Waals surface area contributed by atoms with Crippen LogP contribution in [0.3, 0.4) is 0 Å². The number of rotatable bonds is 3. The second kappa shape index (κ2) is 7.25. The van der Waals surface area contributed by atoms with Crippen LogP contribution in [-0.2, 0) is 0 Å². The summed E-state index contributed by atoms with van der Waals surface area (Å²) in [6.07, 6.45) is 0. The predicted octanol–water partition coefficient (Wildman–Crippen LogP) is 4.03. The van der Waals surface area contributed by atoms with E-state index in [1.54, 1.807) is 0 Å². The number of amidine groups is 1. The molecular weight excluding hydrogens is 348 g/mol. The minimum Gasteiger partial charge on any atom is -0.240 e. The van der Waals surface area contributed by atoms with Crippen molar-refractivity contribution in [2.45, 2.75) is 6.92 Å². The first kappa shape index (κ1) is 15.5. The van der Waals surface area contributed by atoms with E-state index in [0.717, 1.165) is 27.2 Å². The van der Waals surface area contributed by atoms with Gasteiger partial charge in [0.15, 0.2) is 0 Å². The lowest BCUT2D eigenvalue weighted by atomic mass is 10.2. The fourth-order valence-electron chi connectivity index (χ4n) is 2.24. The van der Waals surface area contributed by atoms with E-state index in [0.29, 0.717) is 0 Å². The number of benzene rings is 3. The second-order valence-electron chi connectivity index (χ2n) is 5.36. The molecule has 0 aliphatic heterocycles. The highest BCUT2D eigenvalue weighted by atomic mass is 79.9. The molecule has 0 unspecified atom stereocenters. The Kier molecular flexibility index (Phi) is 4.89. The number of hydrogen-bond donors (Lipinski definition) is 2. The summed E-state index contributed by atoms with van der Waals surface area (Å²) in [7, 11) is 0. The molecule has 0 radical (unpaired) electrons. The predicted molar refractivity (Wildman–Crippen MR) is 100 cm³/mol. The number of nitrogens with one attached hydrogen (secondary N) is 2. The van der Waals surface area contributed by atoms with Gasteiger partial charge in [0, 0.05) is 4.47 Å². The zero-order valence-corrected chi connectivity index (χ0v) is 14.5. The van der Waals surface area contributed by atoms with Crippen LogP contribution in [-0.4, -0.2) is 5.84 Å². The molecule has 0 spiro atoms. The molecular formula is C20H18BrN2+. The van der Waals surface area contributed by atoms with Crippen molar-refractivity contribution in [3.8, 4) is 0 Å². The highest BCUT2D eigenvalue weighted by Gasteiger charge is 2.11. The first-order chi connectivity index (χ1) is 11.2. The van der Waals surface area contributed by atoms with E-state index in [9.17, 15) is 0 Å². The average molecular weight is 366 g/mol. The summed E-state index contributed by atoms with van der Waals surface area (Å²) in [5.41, 5.74) is 4.44. The number of halogens is 1. The maximum Gasteiger partial charge on any atom is 0.285 e. The maximum atomic E-state index is 3.48. The summed E-state index contributed by atoms with van der Waals surface area (Å²) < 4.78 is 1.07. The van der Waals surface area contributed by atoms with Crippen LogP contribution in [0.15, 0.2) is 83.3 Å². The van der Waals surface area contributed by atoms with Gasteiger partial charge in [0.2, 0.25) is 0 Å². The third kappa shape index (κ3) is 4.30. The third-order valence-corrected chi connectivity index (χ3v) is 4.03. The summed E-state index contributed by atoms with van der Waals surface area (Å²) in [5.74, 6) is 0.955. The standard InChI is InChI=1S/C20H17BrN2/c1-15-7-11-18(12-8-15)22-20(16-5-3-2-4-6-16)23-19-13-9-17(21)10-14-19/h2-14H,1H3,(H,22,23)/p+1. The Morgan fingerprint density at radius 3 is 2.13 bits per heavy atom. The van der Waals surface area contributed by atoms with Crippen molar-refractivity contribution in [2.24, 2.45) is 0 Å². The largest absolute Gasteiger partial charge is 0.285 e. The van der Waals surface area contributed by atoms with Crippen LogP contribution >= 0.6 is 15.9 Å². The van der Waals surface area contributed by atoms with Gasteiger partial charge in [-0.2, -0.15) is 0 Å². The lowest BCUT2D eigenvalue weighted by Crippen LogP contribution is -2.68. The molecule has 3 rings (SSSR count). The van der Waals surface area contributed by atoms with Crippen LogP contribution in [0.5, 0.6) is 0 Å². The van der Waals surface area contributed by atoms with Crippen LogP contribution in [0.1, 0.15) is 11.1 Å². The van der Waals surface area contributed by atoms with Crippen LogP contribution in [0.4, 0.5) is 11.4 Å². The smallest absolute Gasteiger partial charge is 0.240 e. The average Bonchev–Trinajstić information content (AvgIpc) is 2.59. The SMILES string of the molecule is Cc1ccc([NH+]=C(Nc2ccc(Br)cc2)c2ccccc2)cc1. The summed E-state index contributed by atoms with van der Waals surface area (Å²) in [4.78, 5) is 3.48. The molecule has 0 bridgehead atoms. The molecule has 0 fully saturated rings. The van der Waals surface area contributed by atoms with E-state index in [1.165, 1.54) is 5.56 Å². The highest BCUT2D eigenvalue weighted by Crippen LogP contribution is 2.14. The molecule has 23 heavy (non-hydrogen) atoms. The zero-order chi connectivity index (χ0) is 16.1. The van der Waals surface area contributed by atoms with E-state index in [2.05, 4.69) is 69.6 Å². The maximum absolute atomic E-state index is 3.48. The molecule has 0 amide bonds. The molecule has 0 saturated heterocycles. The molecule has 3 aromatic carbocycles. The van der Waals surface area contributed by atoms with E-state index in [1.807, 2.05) is 42.5 Å². The first-order valence-corrected chi connectivity index (χ1v) is 8.29. The van der Waals surface area contributed by atoms with Gasteiger partial charge in [0.05, 0.1) is 5.56 Å². The van der Waals surface area contributed by atoms with Gasteiger partial charge >= 0.3 is 0 Å². The topological polar surface area (TPSA) is 26.0 Å². The van der Waals surface area contributed by atoms with E-state index in [-0.39, 0.29) is 0 Å². The van der Waals surface area contributed by atoms with Gasteiger partial charge in [-0.1, -0.05) is 51.8 Å². The summed E-state index contributed by atoms with van der Waals surface area (Å²) in [5, 5.41) is 3.47. The number of anilines is 1. The Hall–Kier alpha value is -2.39. The van der Waals surface area contributed by atoms with Gasteiger partial charge in [-0.05, 0) is 55.5 Å². The van der Waals surface area contributed by atoms with Crippen molar-refractivity contribution >= 4 is 33.1 Å².